The number of carbonyl (C=O) groups excluding carboxylic acids is 1. The van der Waals surface area contributed by atoms with Crippen molar-refractivity contribution < 1.29 is 23.0 Å². The smallest absolute Gasteiger partial charge is 0.225 e. The maximum absolute atomic E-state index is 13.6. The Bertz CT molecular complexity index is 948. The van der Waals surface area contributed by atoms with Gasteiger partial charge >= 0.3 is 0 Å². The van der Waals surface area contributed by atoms with Crippen LogP contribution in [0.3, 0.4) is 0 Å². The van der Waals surface area contributed by atoms with E-state index in [0.29, 0.717) is 18.9 Å². The molecule has 0 aromatic heterocycles. The maximum atomic E-state index is 13.6. The first-order valence-corrected chi connectivity index (χ1v) is 12.0. The van der Waals surface area contributed by atoms with Crippen molar-refractivity contribution in [2.45, 2.75) is 69.9 Å². The van der Waals surface area contributed by atoms with Gasteiger partial charge in [-0.1, -0.05) is 38.1 Å². The molecule has 4 atom stereocenters. The van der Waals surface area contributed by atoms with Gasteiger partial charge in [-0.25, -0.2) is 8.78 Å². The lowest BCUT2D eigenvalue weighted by atomic mass is 9.73. The summed E-state index contributed by atoms with van der Waals surface area (Å²) in [4.78, 5) is 14.9. The molecule has 0 unspecified atom stereocenters. The third-order valence-electron chi connectivity index (χ3n) is 7.67. The molecule has 5 rings (SSSR count). The second-order valence-electron chi connectivity index (χ2n) is 9.98. The number of halogens is 2. The molecule has 2 heterocycles. The van der Waals surface area contributed by atoms with Crippen molar-refractivity contribution in [1.29, 1.82) is 0 Å². The summed E-state index contributed by atoms with van der Waals surface area (Å²) in [6.45, 7) is 4.89. The van der Waals surface area contributed by atoms with Crippen molar-refractivity contribution in [3.63, 3.8) is 0 Å². The molecule has 0 radical (unpaired) electrons. The normalized spacial score (nSPS) is 29.5. The molecule has 1 amide bonds. The number of piperidine rings is 1. The Labute approximate surface area is 193 Å². The molecular weight excluding hydrogens is 424 g/mol. The summed E-state index contributed by atoms with van der Waals surface area (Å²) in [5, 5.41) is 0. The van der Waals surface area contributed by atoms with Gasteiger partial charge in [-0.2, -0.15) is 0 Å². The van der Waals surface area contributed by atoms with Crippen LogP contribution in [0, 0.1) is 23.5 Å². The third kappa shape index (κ3) is 4.08. The van der Waals surface area contributed by atoms with E-state index in [1.807, 2.05) is 0 Å². The predicted octanol–water partition coefficient (Wildman–Crippen LogP) is 5.61. The fourth-order valence-electron chi connectivity index (χ4n) is 5.94. The average Bonchev–Trinajstić information content (AvgIpc) is 3.20. The molecule has 3 fully saturated rings. The molecule has 176 valence electrons. The van der Waals surface area contributed by atoms with Crippen LogP contribution in [0.5, 0.6) is 0 Å². The SMILES string of the molecule is CC(C)[C@H]1CO[C@]23CC[C@@H](OC(c4ccc(F)cc4)c4ccc(F)cc4)C[C@H]2CCC(=O)N13. The number of carbonyl (C=O) groups is 1. The van der Waals surface area contributed by atoms with Crippen LogP contribution in [0.2, 0.25) is 0 Å². The molecule has 6 heteroatoms. The number of nitrogens with zero attached hydrogens (tertiary/aromatic N) is 1. The lowest BCUT2D eigenvalue weighted by molar-refractivity contribution is -0.200. The minimum Gasteiger partial charge on any atom is -0.366 e. The fourth-order valence-corrected chi connectivity index (χ4v) is 5.94. The summed E-state index contributed by atoms with van der Waals surface area (Å²) < 4.78 is 40.2. The predicted molar refractivity (Wildman–Crippen MR) is 120 cm³/mol. The molecular formula is C27H31F2NO3. The Morgan fingerprint density at radius 2 is 1.61 bits per heavy atom. The molecule has 2 aromatic rings. The first kappa shape index (κ1) is 22.5. The van der Waals surface area contributed by atoms with Gasteiger partial charge in [-0.05, 0) is 67.0 Å². The summed E-state index contributed by atoms with van der Waals surface area (Å²) in [5.74, 6) is 0.169. The van der Waals surface area contributed by atoms with E-state index in [4.69, 9.17) is 9.47 Å². The zero-order valence-electron chi connectivity index (χ0n) is 19.2. The van der Waals surface area contributed by atoms with Crippen molar-refractivity contribution in [1.82, 2.24) is 4.90 Å². The second kappa shape index (κ2) is 8.80. The van der Waals surface area contributed by atoms with Crippen molar-refractivity contribution in [2.24, 2.45) is 11.8 Å². The van der Waals surface area contributed by atoms with E-state index in [1.54, 1.807) is 24.3 Å². The van der Waals surface area contributed by atoms with Gasteiger partial charge in [0.25, 0.3) is 0 Å². The Morgan fingerprint density at radius 3 is 2.18 bits per heavy atom. The van der Waals surface area contributed by atoms with Crippen molar-refractivity contribution >= 4 is 5.91 Å². The van der Waals surface area contributed by atoms with Gasteiger partial charge in [0.05, 0.1) is 18.8 Å². The van der Waals surface area contributed by atoms with E-state index in [9.17, 15) is 13.6 Å². The number of ether oxygens (including phenoxy) is 2. The standard InChI is InChI=1S/C27H31F2NO3/c1-17(2)24-16-32-27-14-13-23(15-20(27)7-12-25(31)30(24)27)33-26(18-3-8-21(28)9-4-18)19-5-10-22(29)11-6-19/h3-6,8-11,17,20,23-24,26H,7,12-16H2,1-2H3/t20-,23-,24-,27-/m1/s1. The van der Waals surface area contributed by atoms with E-state index >= 15 is 0 Å². The lowest BCUT2D eigenvalue weighted by Crippen LogP contribution is -2.62. The summed E-state index contributed by atoms with van der Waals surface area (Å²) in [5.41, 5.74) is 1.16. The van der Waals surface area contributed by atoms with E-state index in [0.717, 1.165) is 36.8 Å². The summed E-state index contributed by atoms with van der Waals surface area (Å²) in [6, 6.07) is 12.7. The van der Waals surface area contributed by atoms with Gasteiger partial charge in [-0.15, -0.1) is 0 Å². The average molecular weight is 456 g/mol. The minimum atomic E-state index is -0.509. The molecule has 1 aliphatic carbocycles. The Hall–Kier alpha value is -2.31. The molecule has 33 heavy (non-hydrogen) atoms. The molecule has 1 saturated carbocycles. The topological polar surface area (TPSA) is 38.8 Å². The van der Waals surface area contributed by atoms with Crippen molar-refractivity contribution in [2.75, 3.05) is 6.61 Å². The number of rotatable bonds is 5. The molecule has 3 aliphatic rings. The summed E-state index contributed by atoms with van der Waals surface area (Å²) in [6.07, 6.45) is 3.22. The van der Waals surface area contributed by atoms with Crippen LogP contribution in [-0.4, -0.2) is 35.3 Å². The van der Waals surface area contributed by atoms with Crippen molar-refractivity contribution in [3.05, 3.63) is 71.3 Å². The van der Waals surface area contributed by atoms with Gasteiger partial charge < -0.3 is 14.4 Å². The van der Waals surface area contributed by atoms with Crippen LogP contribution < -0.4 is 0 Å². The van der Waals surface area contributed by atoms with Crippen LogP contribution in [0.25, 0.3) is 0 Å². The molecule has 4 nitrogen and oxygen atoms in total. The third-order valence-corrected chi connectivity index (χ3v) is 7.67. The minimum absolute atomic E-state index is 0.0301. The first-order valence-electron chi connectivity index (χ1n) is 12.0. The Morgan fingerprint density at radius 1 is 1.00 bits per heavy atom. The second-order valence-corrected chi connectivity index (χ2v) is 9.98. The van der Waals surface area contributed by atoms with E-state index in [2.05, 4.69) is 18.7 Å². The highest BCUT2D eigenvalue weighted by molar-refractivity contribution is 5.78. The van der Waals surface area contributed by atoms with Gasteiger partial charge in [0.15, 0.2) is 0 Å². The largest absolute Gasteiger partial charge is 0.366 e. The van der Waals surface area contributed by atoms with Gasteiger partial charge in [0.2, 0.25) is 5.91 Å². The maximum Gasteiger partial charge on any atom is 0.225 e. The monoisotopic (exact) mass is 455 g/mol. The number of benzene rings is 2. The molecule has 2 saturated heterocycles. The lowest BCUT2D eigenvalue weighted by Gasteiger charge is -2.52. The van der Waals surface area contributed by atoms with E-state index in [-0.39, 0.29) is 35.6 Å². The van der Waals surface area contributed by atoms with Gasteiger partial charge in [0.1, 0.15) is 23.5 Å². The number of hydrogen-bond donors (Lipinski definition) is 0. The van der Waals surface area contributed by atoms with Gasteiger partial charge in [0, 0.05) is 12.3 Å². The highest BCUT2D eigenvalue weighted by atomic mass is 19.1. The Kier molecular flexibility index (Phi) is 6.00. The molecule has 0 N–H and O–H groups in total. The molecule has 2 aromatic carbocycles. The van der Waals surface area contributed by atoms with Crippen molar-refractivity contribution in [3.8, 4) is 0 Å². The van der Waals surface area contributed by atoms with Crippen LogP contribution >= 0.6 is 0 Å². The zero-order chi connectivity index (χ0) is 23.2. The van der Waals surface area contributed by atoms with Crippen LogP contribution in [0.15, 0.2) is 48.5 Å². The quantitative estimate of drug-likeness (QED) is 0.588. The van der Waals surface area contributed by atoms with E-state index in [1.165, 1.54) is 24.3 Å². The van der Waals surface area contributed by atoms with Crippen LogP contribution in [0.4, 0.5) is 8.78 Å². The Balaban J connectivity index is 1.38. The highest BCUT2D eigenvalue weighted by Gasteiger charge is 2.59. The van der Waals surface area contributed by atoms with Crippen LogP contribution in [-0.2, 0) is 14.3 Å². The molecule has 2 aliphatic heterocycles. The summed E-state index contributed by atoms with van der Waals surface area (Å²) in [7, 11) is 0. The number of hydrogen-bond acceptors (Lipinski definition) is 3. The summed E-state index contributed by atoms with van der Waals surface area (Å²) >= 11 is 0. The number of amides is 1. The molecule has 0 bridgehead atoms. The first-order chi connectivity index (χ1) is 15.9. The highest BCUT2D eigenvalue weighted by Crippen LogP contribution is 2.51. The zero-order valence-corrected chi connectivity index (χ0v) is 19.2. The van der Waals surface area contributed by atoms with E-state index < -0.39 is 11.8 Å². The van der Waals surface area contributed by atoms with Crippen LogP contribution in [0.1, 0.15) is 63.2 Å². The van der Waals surface area contributed by atoms with Gasteiger partial charge in [-0.3, -0.25) is 4.79 Å². The fraction of sp³-hybridized carbons (Fsp3) is 0.519. The molecule has 1 spiro atoms.